The van der Waals surface area contributed by atoms with Crippen LogP contribution in [-0.4, -0.2) is 33.0 Å². The highest BCUT2D eigenvalue weighted by Crippen LogP contribution is 2.26. The number of hydrogen-bond donors (Lipinski definition) is 1. The van der Waals surface area contributed by atoms with Crippen LogP contribution in [0.3, 0.4) is 0 Å². The van der Waals surface area contributed by atoms with Crippen molar-refractivity contribution < 1.29 is 14.3 Å². The molecule has 3 aromatic rings. The summed E-state index contributed by atoms with van der Waals surface area (Å²) in [7, 11) is 1.88. The Labute approximate surface area is 187 Å². The van der Waals surface area contributed by atoms with Crippen molar-refractivity contribution in [2.24, 2.45) is 7.05 Å². The maximum absolute atomic E-state index is 12.4. The molecule has 0 fully saturated rings. The summed E-state index contributed by atoms with van der Waals surface area (Å²) in [5.41, 5.74) is 3.05. The third kappa shape index (κ3) is 5.79. The number of rotatable bonds is 9. The second-order valence-electron chi connectivity index (χ2n) is 7.17. The lowest BCUT2D eigenvalue weighted by molar-refractivity contribution is -0.113. The molecule has 3 rings (SSSR count). The highest BCUT2D eigenvalue weighted by molar-refractivity contribution is 7.99. The van der Waals surface area contributed by atoms with Gasteiger partial charge in [-0.25, -0.2) is 0 Å². The van der Waals surface area contributed by atoms with Crippen LogP contribution < -0.4 is 14.8 Å². The molecule has 0 aliphatic carbocycles. The molecule has 0 saturated heterocycles. The van der Waals surface area contributed by atoms with Crippen molar-refractivity contribution in [3.05, 3.63) is 59.4 Å². The first-order valence-corrected chi connectivity index (χ1v) is 11.1. The number of benzene rings is 2. The lowest BCUT2D eigenvalue weighted by atomic mass is 10.1. The molecule has 0 bridgehead atoms. The average molecular weight is 441 g/mol. The monoisotopic (exact) mass is 440 g/mol. The van der Waals surface area contributed by atoms with Gasteiger partial charge in [0.1, 0.15) is 11.5 Å². The zero-order chi connectivity index (χ0) is 22.4. The molecule has 1 unspecified atom stereocenters. The zero-order valence-electron chi connectivity index (χ0n) is 18.5. The zero-order valence-corrected chi connectivity index (χ0v) is 19.3. The molecule has 1 N–H and O–H groups in total. The van der Waals surface area contributed by atoms with Gasteiger partial charge in [-0.15, -0.1) is 10.2 Å². The first-order chi connectivity index (χ1) is 14.9. The summed E-state index contributed by atoms with van der Waals surface area (Å²) < 4.78 is 13.5. The summed E-state index contributed by atoms with van der Waals surface area (Å²) in [5, 5.41) is 12.0. The standard InChI is InChI=1S/C23H28N4O3S/c1-6-29-20-10-8-7-9-19(20)24-21(28)14-31-23-26-25-22(27(23)5)17(4)30-18-12-11-15(2)16(3)13-18/h7-13,17H,6,14H2,1-5H3,(H,24,28). The van der Waals surface area contributed by atoms with E-state index in [1.165, 1.54) is 22.9 Å². The molecule has 0 spiro atoms. The Hall–Kier alpha value is -3.00. The van der Waals surface area contributed by atoms with E-state index in [1.54, 1.807) is 0 Å². The number of amides is 1. The van der Waals surface area contributed by atoms with E-state index in [-0.39, 0.29) is 17.8 Å². The number of aromatic nitrogens is 3. The number of hydrogen-bond acceptors (Lipinski definition) is 6. The van der Waals surface area contributed by atoms with Gasteiger partial charge >= 0.3 is 0 Å². The Balaban J connectivity index is 1.60. The highest BCUT2D eigenvalue weighted by atomic mass is 32.2. The fourth-order valence-electron chi connectivity index (χ4n) is 3.02. The Morgan fingerprint density at radius 1 is 1.16 bits per heavy atom. The van der Waals surface area contributed by atoms with Crippen LogP contribution in [0.2, 0.25) is 0 Å². The van der Waals surface area contributed by atoms with Crippen molar-refractivity contribution in [3.63, 3.8) is 0 Å². The van der Waals surface area contributed by atoms with Gasteiger partial charge in [0.05, 0.1) is 18.0 Å². The number of carbonyl (C=O) groups is 1. The Kier molecular flexibility index (Phi) is 7.57. The molecule has 0 saturated carbocycles. The second kappa shape index (κ2) is 10.3. The molecule has 7 nitrogen and oxygen atoms in total. The van der Waals surface area contributed by atoms with Crippen molar-refractivity contribution in [3.8, 4) is 11.5 Å². The minimum Gasteiger partial charge on any atom is -0.492 e. The number of carbonyl (C=O) groups excluding carboxylic acids is 1. The van der Waals surface area contributed by atoms with Gasteiger partial charge in [-0.05, 0) is 63.1 Å². The van der Waals surface area contributed by atoms with Gasteiger partial charge in [-0.2, -0.15) is 0 Å². The number of thioether (sulfide) groups is 1. The van der Waals surface area contributed by atoms with Gasteiger partial charge in [0.2, 0.25) is 5.91 Å². The number of nitrogens with one attached hydrogen (secondary N) is 1. The molecule has 0 radical (unpaired) electrons. The van der Waals surface area contributed by atoms with Crippen LogP contribution in [0, 0.1) is 13.8 Å². The average Bonchev–Trinajstić information content (AvgIpc) is 3.11. The largest absolute Gasteiger partial charge is 0.492 e. The van der Waals surface area contributed by atoms with Gasteiger partial charge in [0.25, 0.3) is 0 Å². The first kappa shape index (κ1) is 22.7. The molecule has 1 amide bonds. The Morgan fingerprint density at radius 3 is 2.68 bits per heavy atom. The number of aryl methyl sites for hydroxylation is 2. The van der Waals surface area contributed by atoms with E-state index in [2.05, 4.69) is 29.4 Å². The predicted molar refractivity (Wildman–Crippen MR) is 123 cm³/mol. The lowest BCUT2D eigenvalue weighted by Crippen LogP contribution is -2.15. The topological polar surface area (TPSA) is 78.3 Å². The maximum atomic E-state index is 12.4. The minimum absolute atomic E-state index is 0.138. The molecule has 0 aliphatic rings. The fraction of sp³-hybridized carbons (Fsp3) is 0.348. The van der Waals surface area contributed by atoms with Gasteiger partial charge in [-0.1, -0.05) is 30.0 Å². The second-order valence-corrected chi connectivity index (χ2v) is 8.11. The van der Waals surface area contributed by atoms with Crippen LogP contribution in [-0.2, 0) is 11.8 Å². The van der Waals surface area contributed by atoms with Crippen molar-refractivity contribution in [2.45, 2.75) is 39.0 Å². The summed E-state index contributed by atoms with van der Waals surface area (Å²) in [4.78, 5) is 12.4. The summed E-state index contributed by atoms with van der Waals surface area (Å²) in [5.74, 6) is 2.21. The molecule has 164 valence electrons. The molecule has 1 atom stereocenters. The van der Waals surface area contributed by atoms with E-state index in [1.807, 2.05) is 67.9 Å². The third-order valence-electron chi connectivity index (χ3n) is 4.82. The quantitative estimate of drug-likeness (QED) is 0.486. The molecule has 0 aliphatic heterocycles. The van der Waals surface area contributed by atoms with Gasteiger partial charge < -0.3 is 19.4 Å². The maximum Gasteiger partial charge on any atom is 0.234 e. The van der Waals surface area contributed by atoms with Crippen LogP contribution >= 0.6 is 11.8 Å². The molecule has 1 heterocycles. The highest BCUT2D eigenvalue weighted by Gasteiger charge is 2.18. The van der Waals surface area contributed by atoms with E-state index in [0.29, 0.717) is 29.0 Å². The van der Waals surface area contributed by atoms with E-state index in [4.69, 9.17) is 9.47 Å². The number of ether oxygens (including phenoxy) is 2. The molecular weight excluding hydrogens is 412 g/mol. The smallest absolute Gasteiger partial charge is 0.234 e. The van der Waals surface area contributed by atoms with Crippen LogP contribution in [0.5, 0.6) is 11.5 Å². The SMILES string of the molecule is CCOc1ccccc1NC(=O)CSc1nnc(C(C)Oc2ccc(C)c(C)c2)n1C. The van der Waals surface area contributed by atoms with Crippen LogP contribution in [0.25, 0.3) is 0 Å². The predicted octanol–water partition coefficient (Wildman–Crippen LogP) is 4.70. The Morgan fingerprint density at radius 2 is 1.94 bits per heavy atom. The minimum atomic E-state index is -0.277. The van der Waals surface area contributed by atoms with Gasteiger partial charge in [0.15, 0.2) is 17.1 Å². The summed E-state index contributed by atoms with van der Waals surface area (Å²) in [6.45, 7) is 8.50. The van der Waals surface area contributed by atoms with Crippen molar-refractivity contribution in [1.82, 2.24) is 14.8 Å². The van der Waals surface area contributed by atoms with Crippen molar-refractivity contribution in [1.29, 1.82) is 0 Å². The number of anilines is 1. The van der Waals surface area contributed by atoms with Gasteiger partial charge in [0, 0.05) is 7.05 Å². The first-order valence-electron chi connectivity index (χ1n) is 10.2. The van der Waals surface area contributed by atoms with E-state index in [0.717, 1.165) is 5.75 Å². The molecule has 31 heavy (non-hydrogen) atoms. The van der Waals surface area contributed by atoms with Crippen molar-refractivity contribution in [2.75, 3.05) is 17.7 Å². The Bertz CT molecular complexity index is 1050. The van der Waals surface area contributed by atoms with Gasteiger partial charge in [-0.3, -0.25) is 4.79 Å². The number of nitrogens with zero attached hydrogens (tertiary/aromatic N) is 3. The summed E-state index contributed by atoms with van der Waals surface area (Å²) in [6, 6.07) is 13.4. The fourth-order valence-corrected chi connectivity index (χ4v) is 3.74. The van der Waals surface area contributed by atoms with Crippen molar-refractivity contribution >= 4 is 23.4 Å². The van der Waals surface area contributed by atoms with Crippen LogP contribution in [0.15, 0.2) is 47.6 Å². The lowest BCUT2D eigenvalue weighted by Gasteiger charge is -2.15. The van der Waals surface area contributed by atoms with Crippen LogP contribution in [0.1, 0.15) is 36.9 Å². The normalized spacial score (nSPS) is 11.8. The molecule has 2 aromatic carbocycles. The third-order valence-corrected chi connectivity index (χ3v) is 5.84. The number of para-hydroxylation sites is 2. The van der Waals surface area contributed by atoms with E-state index in [9.17, 15) is 4.79 Å². The molecule has 1 aromatic heterocycles. The summed E-state index contributed by atoms with van der Waals surface area (Å²) >= 11 is 1.32. The van der Waals surface area contributed by atoms with E-state index >= 15 is 0 Å². The molecule has 8 heteroatoms. The van der Waals surface area contributed by atoms with E-state index < -0.39 is 0 Å². The summed E-state index contributed by atoms with van der Waals surface area (Å²) in [6.07, 6.45) is -0.277. The molecular formula is C23H28N4O3S. The van der Waals surface area contributed by atoms with Crippen LogP contribution in [0.4, 0.5) is 5.69 Å².